The van der Waals surface area contributed by atoms with Crippen LogP contribution in [0.1, 0.15) is 29.6 Å². The molecule has 2 unspecified atom stereocenters. The van der Waals surface area contributed by atoms with E-state index in [0.717, 1.165) is 17.3 Å². The second kappa shape index (κ2) is 5.94. The molecule has 3 rings (SSSR count). The molecule has 114 valence electrons. The first-order valence-electron chi connectivity index (χ1n) is 7.06. The number of halogens is 1. The number of hydrogen-bond acceptors (Lipinski definition) is 5. The molecule has 1 aromatic rings. The quantitative estimate of drug-likeness (QED) is 0.651. The van der Waals surface area contributed by atoms with E-state index in [9.17, 15) is 4.79 Å². The Morgan fingerprint density at radius 1 is 1.43 bits per heavy atom. The van der Waals surface area contributed by atoms with Crippen molar-refractivity contribution in [3.63, 3.8) is 0 Å². The van der Waals surface area contributed by atoms with Gasteiger partial charge in [0.2, 0.25) is 0 Å². The van der Waals surface area contributed by atoms with Gasteiger partial charge in [-0.3, -0.25) is 0 Å². The van der Waals surface area contributed by atoms with E-state index < -0.39 is 0 Å². The van der Waals surface area contributed by atoms with Crippen molar-refractivity contribution >= 4 is 27.6 Å². The maximum absolute atomic E-state index is 12.2. The van der Waals surface area contributed by atoms with Crippen LogP contribution in [0.25, 0.3) is 0 Å². The molecule has 0 amide bonds. The summed E-state index contributed by atoms with van der Waals surface area (Å²) in [5.41, 5.74) is 6.53. The maximum atomic E-state index is 12.2. The molecule has 0 bridgehead atoms. The standard InChI is InChI=1S/C15H18BrNO4/c16-12-2-1-10(7-13(12)17)14(18)21-11-3-5-20-15(8-11)4-6-19-9-15/h1-2,7,11H,3-6,8-9,17H2. The number of nitrogen functional groups attached to an aromatic ring is 1. The summed E-state index contributed by atoms with van der Waals surface area (Å²) in [5, 5.41) is 0. The van der Waals surface area contributed by atoms with Crippen LogP contribution in [-0.2, 0) is 14.2 Å². The van der Waals surface area contributed by atoms with Crippen LogP contribution in [0.15, 0.2) is 22.7 Å². The third-order valence-electron chi connectivity index (χ3n) is 4.02. The molecule has 2 atom stereocenters. The molecular weight excluding hydrogens is 338 g/mol. The Balaban J connectivity index is 1.65. The van der Waals surface area contributed by atoms with Gasteiger partial charge >= 0.3 is 5.97 Å². The monoisotopic (exact) mass is 355 g/mol. The summed E-state index contributed by atoms with van der Waals surface area (Å²) in [7, 11) is 0. The highest BCUT2D eigenvalue weighted by Gasteiger charge is 2.42. The van der Waals surface area contributed by atoms with Crippen molar-refractivity contribution < 1.29 is 19.0 Å². The van der Waals surface area contributed by atoms with Gasteiger partial charge in [0, 0.05) is 36.0 Å². The number of carbonyl (C=O) groups is 1. The molecule has 2 heterocycles. The molecule has 2 saturated heterocycles. The van der Waals surface area contributed by atoms with Crippen LogP contribution < -0.4 is 5.73 Å². The highest BCUT2D eigenvalue weighted by Crippen LogP contribution is 2.34. The van der Waals surface area contributed by atoms with Crippen molar-refractivity contribution in [3.05, 3.63) is 28.2 Å². The van der Waals surface area contributed by atoms with Crippen molar-refractivity contribution in [3.8, 4) is 0 Å². The fourth-order valence-electron chi connectivity index (χ4n) is 2.84. The third-order valence-corrected chi connectivity index (χ3v) is 4.74. The minimum Gasteiger partial charge on any atom is -0.459 e. The van der Waals surface area contributed by atoms with Crippen LogP contribution in [0.4, 0.5) is 5.69 Å². The number of carbonyl (C=O) groups excluding carboxylic acids is 1. The van der Waals surface area contributed by atoms with Crippen LogP contribution in [0.3, 0.4) is 0 Å². The predicted octanol–water partition coefficient (Wildman–Crippen LogP) is 2.53. The molecule has 1 spiro atoms. The van der Waals surface area contributed by atoms with Crippen molar-refractivity contribution in [2.24, 2.45) is 0 Å². The molecule has 6 heteroatoms. The van der Waals surface area contributed by atoms with Gasteiger partial charge in [0.15, 0.2) is 0 Å². The molecule has 21 heavy (non-hydrogen) atoms. The second-order valence-corrected chi connectivity index (χ2v) is 6.44. The largest absolute Gasteiger partial charge is 0.459 e. The summed E-state index contributed by atoms with van der Waals surface area (Å²) in [6, 6.07) is 5.08. The third kappa shape index (κ3) is 3.22. The Labute approximate surface area is 131 Å². The van der Waals surface area contributed by atoms with Crippen molar-refractivity contribution in [2.75, 3.05) is 25.6 Å². The van der Waals surface area contributed by atoms with Gasteiger partial charge in [-0.1, -0.05) is 0 Å². The Morgan fingerprint density at radius 3 is 3.00 bits per heavy atom. The molecule has 2 aliphatic rings. The molecule has 0 saturated carbocycles. The molecule has 0 aliphatic carbocycles. The lowest BCUT2D eigenvalue weighted by atomic mass is 9.91. The van der Waals surface area contributed by atoms with E-state index in [2.05, 4.69) is 15.9 Å². The molecular formula is C15H18BrNO4. The topological polar surface area (TPSA) is 70.8 Å². The van der Waals surface area contributed by atoms with E-state index >= 15 is 0 Å². The Kier molecular flexibility index (Phi) is 4.19. The average Bonchev–Trinajstić information content (AvgIpc) is 2.89. The fraction of sp³-hybridized carbons (Fsp3) is 0.533. The average molecular weight is 356 g/mol. The molecule has 1 aromatic carbocycles. The molecule has 2 fully saturated rings. The van der Waals surface area contributed by atoms with Gasteiger partial charge in [0.05, 0.1) is 24.4 Å². The van der Waals surface area contributed by atoms with Crippen LogP contribution >= 0.6 is 15.9 Å². The van der Waals surface area contributed by atoms with E-state index in [1.54, 1.807) is 18.2 Å². The molecule has 0 radical (unpaired) electrons. The predicted molar refractivity (Wildman–Crippen MR) is 81.1 cm³/mol. The minimum atomic E-state index is -0.338. The summed E-state index contributed by atoms with van der Waals surface area (Å²) >= 11 is 3.31. The van der Waals surface area contributed by atoms with Crippen molar-refractivity contribution in [1.82, 2.24) is 0 Å². The summed E-state index contributed by atoms with van der Waals surface area (Å²) in [5.74, 6) is -0.338. The first-order chi connectivity index (χ1) is 10.1. The number of nitrogens with two attached hydrogens (primary N) is 1. The lowest BCUT2D eigenvalue weighted by Gasteiger charge is -2.36. The van der Waals surface area contributed by atoms with Crippen LogP contribution in [0.5, 0.6) is 0 Å². The normalized spacial score (nSPS) is 28.7. The zero-order chi connectivity index (χ0) is 14.9. The van der Waals surface area contributed by atoms with Crippen LogP contribution in [0, 0.1) is 0 Å². The van der Waals surface area contributed by atoms with Gasteiger partial charge in [-0.25, -0.2) is 4.79 Å². The number of benzene rings is 1. The molecule has 2 aliphatic heterocycles. The lowest BCUT2D eigenvalue weighted by molar-refractivity contribution is -0.120. The summed E-state index contributed by atoms with van der Waals surface area (Å²) in [6.45, 7) is 1.90. The Bertz CT molecular complexity index is 542. The van der Waals surface area contributed by atoms with Crippen molar-refractivity contribution in [2.45, 2.75) is 31.0 Å². The lowest BCUT2D eigenvalue weighted by Crippen LogP contribution is -2.43. The number of esters is 1. The SMILES string of the molecule is Nc1cc(C(=O)OC2CCOC3(CCOC3)C2)ccc1Br. The first kappa shape index (κ1) is 14.8. The maximum Gasteiger partial charge on any atom is 0.338 e. The zero-order valence-electron chi connectivity index (χ0n) is 11.6. The highest BCUT2D eigenvalue weighted by molar-refractivity contribution is 9.10. The first-order valence-corrected chi connectivity index (χ1v) is 7.85. The molecule has 5 nitrogen and oxygen atoms in total. The van der Waals surface area contributed by atoms with E-state index in [1.807, 2.05) is 0 Å². The number of ether oxygens (including phenoxy) is 3. The summed E-state index contributed by atoms with van der Waals surface area (Å²) in [4.78, 5) is 12.2. The minimum absolute atomic E-state index is 0.127. The van der Waals surface area contributed by atoms with Crippen molar-refractivity contribution in [1.29, 1.82) is 0 Å². The fourth-order valence-corrected chi connectivity index (χ4v) is 3.08. The van der Waals surface area contributed by atoms with Gasteiger partial charge in [-0.2, -0.15) is 0 Å². The van der Waals surface area contributed by atoms with Gasteiger partial charge in [0.25, 0.3) is 0 Å². The van der Waals surface area contributed by atoms with E-state index in [-0.39, 0.29) is 17.7 Å². The summed E-state index contributed by atoms with van der Waals surface area (Å²) < 4.78 is 17.6. The van der Waals surface area contributed by atoms with E-state index in [1.165, 1.54) is 0 Å². The van der Waals surface area contributed by atoms with Gasteiger partial charge in [-0.15, -0.1) is 0 Å². The Hall–Kier alpha value is -1.11. The van der Waals surface area contributed by atoms with E-state index in [0.29, 0.717) is 37.5 Å². The van der Waals surface area contributed by atoms with Crippen LogP contribution in [-0.4, -0.2) is 37.5 Å². The highest BCUT2D eigenvalue weighted by atomic mass is 79.9. The number of hydrogen-bond donors (Lipinski definition) is 1. The second-order valence-electron chi connectivity index (χ2n) is 5.59. The number of rotatable bonds is 2. The van der Waals surface area contributed by atoms with Crippen LogP contribution in [0.2, 0.25) is 0 Å². The Morgan fingerprint density at radius 2 is 2.29 bits per heavy atom. The molecule has 0 aromatic heterocycles. The van der Waals surface area contributed by atoms with E-state index in [4.69, 9.17) is 19.9 Å². The molecule has 2 N–H and O–H groups in total. The number of anilines is 1. The summed E-state index contributed by atoms with van der Waals surface area (Å²) in [6.07, 6.45) is 2.16. The smallest absolute Gasteiger partial charge is 0.338 e. The van der Waals surface area contributed by atoms with Gasteiger partial charge in [0.1, 0.15) is 6.10 Å². The van der Waals surface area contributed by atoms with Gasteiger partial charge in [-0.05, 0) is 34.1 Å². The van der Waals surface area contributed by atoms with Gasteiger partial charge < -0.3 is 19.9 Å². The zero-order valence-corrected chi connectivity index (χ0v) is 13.2.